The molecule has 1 heterocycles. The summed E-state index contributed by atoms with van der Waals surface area (Å²) in [6.45, 7) is 1.61. The predicted molar refractivity (Wildman–Crippen MR) is 36.7 cm³/mol. The number of nitrogens with one attached hydrogen (secondary N) is 1. The highest BCUT2D eigenvalue weighted by Crippen LogP contribution is 2.53. The number of rotatable bonds is 1. The summed E-state index contributed by atoms with van der Waals surface area (Å²) < 4.78 is 24.5. The molecule has 1 atom stereocenters. The summed E-state index contributed by atoms with van der Waals surface area (Å²) >= 11 is 0. The van der Waals surface area contributed by atoms with Gasteiger partial charge in [-0.05, 0) is 19.0 Å². The highest BCUT2D eigenvalue weighted by molar-refractivity contribution is 5.85. The smallest absolute Gasteiger partial charge is 0.252 e. The number of halogens is 3. The molecule has 1 saturated carbocycles. The monoisotopic (exact) mass is 169 g/mol. The van der Waals surface area contributed by atoms with Crippen LogP contribution in [0.5, 0.6) is 0 Å². The van der Waals surface area contributed by atoms with E-state index in [4.69, 9.17) is 0 Å². The van der Waals surface area contributed by atoms with E-state index >= 15 is 0 Å². The van der Waals surface area contributed by atoms with Gasteiger partial charge in [0, 0.05) is 12.3 Å². The van der Waals surface area contributed by atoms with E-state index in [-0.39, 0.29) is 30.7 Å². The zero-order valence-electron chi connectivity index (χ0n) is 5.44. The van der Waals surface area contributed by atoms with E-state index in [0.29, 0.717) is 0 Å². The zero-order valence-corrected chi connectivity index (χ0v) is 6.26. The first-order chi connectivity index (χ1) is 4.20. The van der Waals surface area contributed by atoms with Gasteiger partial charge in [-0.25, -0.2) is 8.78 Å². The van der Waals surface area contributed by atoms with Gasteiger partial charge in [0.05, 0.1) is 0 Å². The van der Waals surface area contributed by atoms with Gasteiger partial charge < -0.3 is 5.32 Å². The Hall–Kier alpha value is 0.110. The minimum Gasteiger partial charge on any atom is -0.316 e. The molecule has 0 spiro atoms. The Morgan fingerprint density at radius 1 is 1.30 bits per heavy atom. The van der Waals surface area contributed by atoms with Gasteiger partial charge in [0.2, 0.25) is 0 Å². The van der Waals surface area contributed by atoms with Crippen molar-refractivity contribution in [3.05, 3.63) is 0 Å². The lowest BCUT2D eigenvalue weighted by Crippen LogP contribution is -2.44. The summed E-state index contributed by atoms with van der Waals surface area (Å²) in [6, 6.07) is 0. The molecule has 0 aromatic heterocycles. The Morgan fingerprint density at radius 2 is 1.80 bits per heavy atom. The van der Waals surface area contributed by atoms with E-state index < -0.39 is 5.92 Å². The number of hydrogen-bond acceptors (Lipinski definition) is 1. The third kappa shape index (κ3) is 1.12. The molecule has 1 N–H and O–H groups in total. The Labute approximate surface area is 64.6 Å². The lowest BCUT2D eigenvalue weighted by Gasteiger charge is -2.26. The average Bonchev–Trinajstić information content (AvgIpc) is 2.07. The zero-order chi connectivity index (χ0) is 6.48. The highest BCUT2D eigenvalue weighted by atomic mass is 35.5. The van der Waals surface area contributed by atoms with Crippen LogP contribution < -0.4 is 5.32 Å². The van der Waals surface area contributed by atoms with Crippen LogP contribution in [0.3, 0.4) is 0 Å². The molecule has 0 aromatic rings. The lowest BCUT2D eigenvalue weighted by atomic mass is 9.97. The van der Waals surface area contributed by atoms with Crippen molar-refractivity contribution in [2.24, 2.45) is 11.8 Å². The molecule has 0 radical (unpaired) electrons. The first-order valence-electron chi connectivity index (χ1n) is 3.29. The summed E-state index contributed by atoms with van der Waals surface area (Å²) in [7, 11) is 0. The third-order valence-corrected chi connectivity index (χ3v) is 2.26. The molecule has 2 aliphatic rings. The molecule has 0 bridgehead atoms. The van der Waals surface area contributed by atoms with Crippen molar-refractivity contribution >= 4 is 12.4 Å². The first-order valence-corrected chi connectivity index (χ1v) is 3.29. The van der Waals surface area contributed by atoms with E-state index in [1.165, 1.54) is 0 Å². The largest absolute Gasteiger partial charge is 0.316 e. The molecule has 0 aromatic carbocycles. The molecular formula is C6H10ClF2N. The second-order valence-electron chi connectivity index (χ2n) is 2.99. The van der Waals surface area contributed by atoms with Gasteiger partial charge in [0.15, 0.2) is 0 Å². The summed E-state index contributed by atoms with van der Waals surface area (Å²) in [5.74, 6) is -2.30. The summed E-state index contributed by atoms with van der Waals surface area (Å²) in [5, 5.41) is 2.99. The molecule has 0 amide bonds. The fourth-order valence-electron chi connectivity index (χ4n) is 1.34. The minimum absolute atomic E-state index is 0. The maximum Gasteiger partial charge on any atom is 0.252 e. The molecule has 2 rings (SSSR count). The minimum atomic E-state index is -2.30. The Balaban J connectivity index is 0.000000500. The molecule has 1 aliphatic carbocycles. The maximum absolute atomic E-state index is 12.2. The van der Waals surface area contributed by atoms with Gasteiger partial charge in [-0.3, -0.25) is 0 Å². The van der Waals surface area contributed by atoms with Gasteiger partial charge in [0.25, 0.3) is 5.92 Å². The molecule has 60 valence electrons. The van der Waals surface area contributed by atoms with Crippen LogP contribution in [0, 0.1) is 11.8 Å². The van der Waals surface area contributed by atoms with E-state index in [9.17, 15) is 8.78 Å². The van der Waals surface area contributed by atoms with Crippen LogP contribution >= 0.6 is 12.4 Å². The summed E-state index contributed by atoms with van der Waals surface area (Å²) in [5.41, 5.74) is 0. The molecule has 1 aliphatic heterocycles. The van der Waals surface area contributed by atoms with Gasteiger partial charge in [0.1, 0.15) is 0 Å². The second kappa shape index (κ2) is 2.31. The Morgan fingerprint density at radius 3 is 1.90 bits per heavy atom. The van der Waals surface area contributed by atoms with Gasteiger partial charge >= 0.3 is 0 Å². The SMILES string of the molecule is Cl.FC1(F)CC1C1CNC1. The third-order valence-electron chi connectivity index (χ3n) is 2.26. The Kier molecular flexibility index (Phi) is 1.90. The van der Waals surface area contributed by atoms with Crippen LogP contribution in [0.2, 0.25) is 0 Å². The second-order valence-corrected chi connectivity index (χ2v) is 2.99. The molecule has 4 heteroatoms. The van der Waals surface area contributed by atoms with E-state index in [1.807, 2.05) is 0 Å². The molecule has 1 nitrogen and oxygen atoms in total. The van der Waals surface area contributed by atoms with Crippen LogP contribution in [0.4, 0.5) is 8.78 Å². The molecule has 10 heavy (non-hydrogen) atoms. The van der Waals surface area contributed by atoms with Crippen LogP contribution in [0.25, 0.3) is 0 Å². The van der Waals surface area contributed by atoms with Crippen molar-refractivity contribution < 1.29 is 8.78 Å². The molecular weight excluding hydrogens is 160 g/mol. The topological polar surface area (TPSA) is 12.0 Å². The Bertz CT molecular complexity index is 136. The average molecular weight is 170 g/mol. The fraction of sp³-hybridized carbons (Fsp3) is 1.00. The summed E-state index contributed by atoms with van der Waals surface area (Å²) in [4.78, 5) is 0. The van der Waals surface area contributed by atoms with E-state index in [1.54, 1.807) is 0 Å². The molecule has 1 unspecified atom stereocenters. The van der Waals surface area contributed by atoms with Crippen molar-refractivity contribution in [3.8, 4) is 0 Å². The summed E-state index contributed by atoms with van der Waals surface area (Å²) in [6.07, 6.45) is 0.138. The van der Waals surface area contributed by atoms with Crippen molar-refractivity contribution in [2.75, 3.05) is 13.1 Å². The van der Waals surface area contributed by atoms with Crippen LogP contribution in [-0.2, 0) is 0 Å². The van der Waals surface area contributed by atoms with Crippen LogP contribution in [0.1, 0.15) is 6.42 Å². The van der Waals surface area contributed by atoms with E-state index in [2.05, 4.69) is 5.32 Å². The van der Waals surface area contributed by atoms with Gasteiger partial charge in [-0.1, -0.05) is 0 Å². The van der Waals surface area contributed by atoms with Crippen LogP contribution in [0.15, 0.2) is 0 Å². The number of alkyl halides is 2. The normalized spacial score (nSPS) is 36.0. The van der Waals surface area contributed by atoms with Crippen molar-refractivity contribution in [1.29, 1.82) is 0 Å². The lowest BCUT2D eigenvalue weighted by molar-refractivity contribution is 0.0755. The number of hydrogen-bond donors (Lipinski definition) is 1. The van der Waals surface area contributed by atoms with Crippen molar-refractivity contribution in [2.45, 2.75) is 12.3 Å². The highest BCUT2D eigenvalue weighted by Gasteiger charge is 2.60. The molecule has 1 saturated heterocycles. The maximum atomic E-state index is 12.2. The molecule has 2 fully saturated rings. The van der Waals surface area contributed by atoms with Crippen LogP contribution in [-0.4, -0.2) is 19.0 Å². The standard InChI is InChI=1S/C6H9F2N.ClH/c7-6(8)1-5(6)4-2-9-3-4;/h4-5,9H,1-3H2;1H. The quantitative estimate of drug-likeness (QED) is 0.624. The van der Waals surface area contributed by atoms with Crippen molar-refractivity contribution in [3.63, 3.8) is 0 Å². The van der Waals surface area contributed by atoms with Gasteiger partial charge in [-0.2, -0.15) is 0 Å². The van der Waals surface area contributed by atoms with Gasteiger partial charge in [-0.15, -0.1) is 12.4 Å². The van der Waals surface area contributed by atoms with Crippen molar-refractivity contribution in [1.82, 2.24) is 5.32 Å². The fourth-order valence-corrected chi connectivity index (χ4v) is 1.34. The van der Waals surface area contributed by atoms with E-state index in [0.717, 1.165) is 13.1 Å². The predicted octanol–water partition coefficient (Wildman–Crippen LogP) is 1.28. The first kappa shape index (κ1) is 8.21.